The van der Waals surface area contributed by atoms with Gasteiger partial charge < -0.3 is 5.73 Å². The summed E-state index contributed by atoms with van der Waals surface area (Å²) >= 11 is 15.6. The molecule has 0 bridgehead atoms. The van der Waals surface area contributed by atoms with Gasteiger partial charge in [-0.15, -0.1) is 0 Å². The molecule has 3 rings (SSSR count). The van der Waals surface area contributed by atoms with Gasteiger partial charge in [0.05, 0.1) is 5.69 Å². The van der Waals surface area contributed by atoms with E-state index in [9.17, 15) is 0 Å². The summed E-state index contributed by atoms with van der Waals surface area (Å²) in [7, 11) is 0. The Morgan fingerprint density at radius 1 is 0.850 bits per heavy atom. The largest absolute Gasteiger partial charge is 0.397 e. The van der Waals surface area contributed by atoms with Crippen molar-refractivity contribution in [1.29, 1.82) is 0 Å². The van der Waals surface area contributed by atoms with E-state index in [1.807, 2.05) is 42.5 Å². The summed E-state index contributed by atoms with van der Waals surface area (Å²) in [6.07, 6.45) is 0. The van der Waals surface area contributed by atoms with Gasteiger partial charge in [0, 0.05) is 19.9 Å². The second kappa shape index (κ2) is 5.28. The molecule has 20 heavy (non-hydrogen) atoms. The van der Waals surface area contributed by atoms with Crippen LogP contribution in [-0.4, -0.2) is 0 Å². The molecule has 0 aromatic heterocycles. The van der Waals surface area contributed by atoms with Crippen LogP contribution >= 0.6 is 39.1 Å². The molecular formula is C16H10BrCl2N. The van der Waals surface area contributed by atoms with Crippen molar-refractivity contribution in [2.24, 2.45) is 0 Å². The Morgan fingerprint density at radius 3 is 2.25 bits per heavy atom. The lowest BCUT2D eigenvalue weighted by Crippen LogP contribution is -1.90. The van der Waals surface area contributed by atoms with Crippen LogP contribution in [0.4, 0.5) is 5.69 Å². The third kappa shape index (κ3) is 2.39. The van der Waals surface area contributed by atoms with E-state index in [0.29, 0.717) is 10.0 Å². The Hall–Kier alpha value is -1.22. The van der Waals surface area contributed by atoms with Crippen molar-refractivity contribution in [1.82, 2.24) is 0 Å². The normalized spacial score (nSPS) is 10.9. The van der Waals surface area contributed by atoms with Crippen LogP contribution in [0.3, 0.4) is 0 Å². The number of rotatable bonds is 1. The molecule has 0 aliphatic carbocycles. The van der Waals surface area contributed by atoms with Gasteiger partial charge in [-0.3, -0.25) is 0 Å². The SMILES string of the molecule is Nc1c(Br)ccc2c(-c3cc(Cl)cc(Cl)c3)cccc12. The first-order chi connectivity index (χ1) is 9.56. The molecule has 0 saturated heterocycles. The summed E-state index contributed by atoms with van der Waals surface area (Å²) in [5, 5.41) is 3.32. The smallest absolute Gasteiger partial charge is 0.0538 e. The van der Waals surface area contributed by atoms with Crippen molar-refractivity contribution in [2.45, 2.75) is 0 Å². The second-order valence-corrected chi connectivity index (χ2v) is 6.25. The summed E-state index contributed by atoms with van der Waals surface area (Å²) < 4.78 is 0.895. The van der Waals surface area contributed by atoms with Gasteiger partial charge in [-0.1, -0.05) is 47.5 Å². The average Bonchev–Trinajstić information content (AvgIpc) is 2.41. The molecule has 0 aliphatic rings. The number of hydrogen-bond acceptors (Lipinski definition) is 1. The van der Waals surface area contributed by atoms with E-state index in [2.05, 4.69) is 15.9 Å². The maximum Gasteiger partial charge on any atom is 0.0538 e. The van der Waals surface area contributed by atoms with Crippen molar-refractivity contribution in [3.63, 3.8) is 0 Å². The summed E-state index contributed by atoms with van der Waals surface area (Å²) in [4.78, 5) is 0. The van der Waals surface area contributed by atoms with E-state index in [1.165, 1.54) is 0 Å². The van der Waals surface area contributed by atoms with E-state index in [0.717, 1.165) is 32.1 Å². The van der Waals surface area contributed by atoms with Gasteiger partial charge in [-0.25, -0.2) is 0 Å². The second-order valence-electron chi connectivity index (χ2n) is 4.52. The zero-order valence-corrected chi connectivity index (χ0v) is 13.4. The first-order valence-electron chi connectivity index (χ1n) is 5.99. The topological polar surface area (TPSA) is 26.0 Å². The van der Waals surface area contributed by atoms with Crippen LogP contribution in [0.5, 0.6) is 0 Å². The molecule has 0 saturated carbocycles. The number of hydrogen-bond donors (Lipinski definition) is 1. The standard InChI is InChI=1S/C16H10BrCl2N/c17-15-5-4-13-12(2-1-3-14(13)16(15)20)9-6-10(18)8-11(19)7-9/h1-8H,20H2. The lowest BCUT2D eigenvalue weighted by atomic mass is 9.97. The van der Waals surface area contributed by atoms with E-state index in [4.69, 9.17) is 28.9 Å². The lowest BCUT2D eigenvalue weighted by molar-refractivity contribution is 1.63. The molecule has 3 aromatic carbocycles. The molecule has 2 N–H and O–H groups in total. The van der Waals surface area contributed by atoms with Crippen LogP contribution in [0.15, 0.2) is 53.0 Å². The number of halogens is 3. The number of anilines is 1. The number of nitrogens with two attached hydrogens (primary N) is 1. The number of fused-ring (bicyclic) bond motifs is 1. The van der Waals surface area contributed by atoms with Crippen molar-refractivity contribution in [2.75, 3.05) is 5.73 Å². The summed E-state index contributed by atoms with van der Waals surface area (Å²) in [5.74, 6) is 0. The van der Waals surface area contributed by atoms with Crippen molar-refractivity contribution in [3.05, 3.63) is 63.0 Å². The third-order valence-corrected chi connectivity index (χ3v) is 4.35. The van der Waals surface area contributed by atoms with Crippen molar-refractivity contribution in [3.8, 4) is 11.1 Å². The fourth-order valence-corrected chi connectivity index (χ4v) is 3.19. The highest BCUT2D eigenvalue weighted by molar-refractivity contribution is 9.10. The Morgan fingerprint density at radius 2 is 1.55 bits per heavy atom. The molecule has 4 heteroatoms. The molecule has 0 spiro atoms. The molecule has 0 aliphatic heterocycles. The molecule has 0 atom stereocenters. The van der Waals surface area contributed by atoms with Crippen LogP contribution in [0.2, 0.25) is 10.0 Å². The van der Waals surface area contributed by atoms with E-state index in [-0.39, 0.29) is 0 Å². The van der Waals surface area contributed by atoms with Gasteiger partial charge >= 0.3 is 0 Å². The molecule has 0 unspecified atom stereocenters. The van der Waals surface area contributed by atoms with E-state index in [1.54, 1.807) is 6.07 Å². The lowest BCUT2D eigenvalue weighted by Gasteiger charge is -2.10. The van der Waals surface area contributed by atoms with E-state index < -0.39 is 0 Å². The minimum Gasteiger partial charge on any atom is -0.397 e. The maximum atomic E-state index is 6.13. The molecule has 100 valence electrons. The predicted octanol–water partition coefficient (Wildman–Crippen LogP) is 6.16. The summed E-state index contributed by atoms with van der Waals surface area (Å²) in [5.41, 5.74) is 8.90. The number of benzene rings is 3. The average molecular weight is 367 g/mol. The molecule has 0 radical (unpaired) electrons. The number of nitrogen functional groups attached to an aromatic ring is 1. The molecule has 3 aromatic rings. The van der Waals surface area contributed by atoms with Gasteiger partial charge in [-0.2, -0.15) is 0 Å². The predicted molar refractivity (Wildman–Crippen MR) is 91.5 cm³/mol. The van der Waals surface area contributed by atoms with Crippen molar-refractivity contribution >= 4 is 55.6 Å². The van der Waals surface area contributed by atoms with Gasteiger partial charge in [0.15, 0.2) is 0 Å². The first-order valence-corrected chi connectivity index (χ1v) is 7.54. The molecule has 0 heterocycles. The van der Waals surface area contributed by atoms with Crippen LogP contribution in [0.25, 0.3) is 21.9 Å². The van der Waals surface area contributed by atoms with Gasteiger partial charge in [0.25, 0.3) is 0 Å². The quantitative estimate of drug-likeness (QED) is 0.513. The monoisotopic (exact) mass is 365 g/mol. The molecule has 0 amide bonds. The van der Waals surface area contributed by atoms with Crippen LogP contribution < -0.4 is 5.73 Å². The summed E-state index contributed by atoms with van der Waals surface area (Å²) in [6.45, 7) is 0. The Bertz CT molecular complexity index is 795. The van der Waals surface area contributed by atoms with E-state index >= 15 is 0 Å². The fraction of sp³-hybridized carbons (Fsp3) is 0. The zero-order valence-electron chi connectivity index (χ0n) is 10.3. The van der Waals surface area contributed by atoms with Gasteiger partial charge in [0.1, 0.15) is 0 Å². The highest BCUT2D eigenvalue weighted by Gasteiger charge is 2.09. The van der Waals surface area contributed by atoms with Crippen LogP contribution in [0.1, 0.15) is 0 Å². The summed E-state index contributed by atoms with van der Waals surface area (Å²) in [6, 6.07) is 15.6. The first kappa shape index (κ1) is 13.7. The molecule has 0 fully saturated rings. The third-order valence-electron chi connectivity index (χ3n) is 3.22. The fourth-order valence-electron chi connectivity index (χ4n) is 2.32. The zero-order chi connectivity index (χ0) is 14.3. The van der Waals surface area contributed by atoms with Crippen LogP contribution in [0, 0.1) is 0 Å². The maximum absolute atomic E-state index is 6.13. The molecule has 1 nitrogen and oxygen atoms in total. The Kier molecular flexibility index (Phi) is 3.63. The minimum absolute atomic E-state index is 0.620. The minimum atomic E-state index is 0.620. The van der Waals surface area contributed by atoms with Gasteiger partial charge in [0.2, 0.25) is 0 Å². The molecular weight excluding hydrogens is 357 g/mol. The highest BCUT2D eigenvalue weighted by atomic mass is 79.9. The van der Waals surface area contributed by atoms with Crippen molar-refractivity contribution < 1.29 is 0 Å². The highest BCUT2D eigenvalue weighted by Crippen LogP contribution is 2.36. The Labute approximate surface area is 135 Å². The van der Waals surface area contributed by atoms with Gasteiger partial charge in [-0.05, 0) is 56.7 Å². The Balaban J connectivity index is 2.34. The van der Waals surface area contributed by atoms with Crippen LogP contribution in [-0.2, 0) is 0 Å².